The summed E-state index contributed by atoms with van der Waals surface area (Å²) in [4.78, 5) is 0. The number of rotatable bonds is 6. The highest BCUT2D eigenvalue weighted by atomic mass is 13.9. The Morgan fingerprint density at radius 3 is 2.15 bits per heavy atom. The van der Waals surface area contributed by atoms with Crippen molar-refractivity contribution in [1.82, 2.24) is 0 Å². The number of hydrogen-bond acceptors (Lipinski definition) is 0. The molecule has 0 spiro atoms. The van der Waals surface area contributed by atoms with Gasteiger partial charge in [0.15, 0.2) is 0 Å². The third kappa shape index (κ3) is 9.39. The van der Waals surface area contributed by atoms with Crippen molar-refractivity contribution in [3.63, 3.8) is 0 Å². The molecule has 0 bridgehead atoms. The van der Waals surface area contributed by atoms with Crippen LogP contribution >= 0.6 is 0 Å². The molecule has 0 unspecified atom stereocenters. The molecule has 0 aromatic heterocycles. The lowest BCUT2D eigenvalue weighted by Crippen LogP contribution is -1.78. The number of hydrogen-bond donors (Lipinski definition) is 0. The summed E-state index contributed by atoms with van der Waals surface area (Å²) in [5, 5.41) is 0. The predicted molar refractivity (Wildman–Crippen MR) is 61.6 cm³/mol. The van der Waals surface area contributed by atoms with E-state index in [2.05, 4.69) is 46.3 Å². The van der Waals surface area contributed by atoms with Crippen LogP contribution in [-0.4, -0.2) is 0 Å². The molecule has 1 radical (unpaired) electrons. The summed E-state index contributed by atoms with van der Waals surface area (Å²) in [6.45, 7) is 8.66. The molecule has 75 valence electrons. The van der Waals surface area contributed by atoms with Crippen LogP contribution in [0.25, 0.3) is 0 Å². The molecule has 0 N–H and O–H groups in total. The van der Waals surface area contributed by atoms with E-state index in [1.165, 1.54) is 36.8 Å². The molecule has 0 aliphatic carbocycles. The van der Waals surface area contributed by atoms with E-state index in [4.69, 9.17) is 0 Å². The van der Waals surface area contributed by atoms with Crippen molar-refractivity contribution in [3.05, 3.63) is 29.7 Å². The summed E-state index contributed by atoms with van der Waals surface area (Å²) in [7, 11) is 0. The van der Waals surface area contributed by atoms with Gasteiger partial charge in [-0.05, 0) is 52.9 Å². The maximum Gasteiger partial charge on any atom is -0.0288 e. The highest BCUT2D eigenvalue weighted by molar-refractivity contribution is 5.02. The Labute approximate surface area is 83.7 Å². The average molecular weight is 179 g/mol. The molecule has 0 saturated carbocycles. The molecule has 0 atom stereocenters. The van der Waals surface area contributed by atoms with Crippen LogP contribution in [0.2, 0.25) is 0 Å². The molecule has 0 nitrogen and oxygen atoms in total. The zero-order valence-electron chi connectivity index (χ0n) is 9.56. The van der Waals surface area contributed by atoms with Gasteiger partial charge in [0.2, 0.25) is 0 Å². The molecule has 0 heteroatoms. The van der Waals surface area contributed by atoms with Crippen LogP contribution in [0.1, 0.15) is 53.4 Å². The van der Waals surface area contributed by atoms with Crippen LogP contribution in [0.4, 0.5) is 0 Å². The Balaban J connectivity index is 3.55. The second-order valence-electron chi connectivity index (χ2n) is 3.86. The van der Waals surface area contributed by atoms with Gasteiger partial charge in [-0.15, -0.1) is 0 Å². The average Bonchev–Trinajstić information content (AvgIpc) is 2.04. The van der Waals surface area contributed by atoms with Crippen LogP contribution < -0.4 is 0 Å². The number of allylic oxidation sites excluding steroid dienone is 4. The van der Waals surface area contributed by atoms with E-state index in [9.17, 15) is 0 Å². The minimum absolute atomic E-state index is 1.19. The minimum Gasteiger partial charge on any atom is -0.0856 e. The van der Waals surface area contributed by atoms with Crippen LogP contribution in [0.5, 0.6) is 0 Å². The second kappa shape index (κ2) is 8.10. The fourth-order valence-electron chi connectivity index (χ4n) is 1.19. The lowest BCUT2D eigenvalue weighted by molar-refractivity contribution is 0.916. The summed E-state index contributed by atoms with van der Waals surface area (Å²) in [5.41, 5.74) is 2.95. The number of unbranched alkanes of at least 4 members (excludes halogenated alkanes) is 2. The quantitative estimate of drug-likeness (QED) is 0.410. The normalized spacial score (nSPS) is 11.5. The van der Waals surface area contributed by atoms with Crippen molar-refractivity contribution in [3.8, 4) is 0 Å². The third-order valence-corrected chi connectivity index (χ3v) is 2.04. The highest BCUT2D eigenvalue weighted by Crippen LogP contribution is 2.08. The molecule has 0 amide bonds. The van der Waals surface area contributed by atoms with Gasteiger partial charge in [-0.25, -0.2) is 0 Å². The van der Waals surface area contributed by atoms with E-state index in [0.717, 1.165) is 0 Å². The van der Waals surface area contributed by atoms with Gasteiger partial charge >= 0.3 is 0 Å². The van der Waals surface area contributed by atoms with Crippen molar-refractivity contribution >= 4 is 0 Å². The lowest BCUT2D eigenvalue weighted by Gasteiger charge is -1.98. The second-order valence-corrected chi connectivity index (χ2v) is 3.86. The molecule has 0 rings (SSSR count). The van der Waals surface area contributed by atoms with Gasteiger partial charge in [-0.2, -0.15) is 0 Å². The zero-order valence-corrected chi connectivity index (χ0v) is 9.56. The van der Waals surface area contributed by atoms with Gasteiger partial charge < -0.3 is 0 Å². The summed E-state index contributed by atoms with van der Waals surface area (Å²) in [6.07, 6.45) is 11.7. The van der Waals surface area contributed by atoms with Gasteiger partial charge in [0.1, 0.15) is 0 Å². The molecular weight excluding hydrogens is 156 g/mol. The smallest absolute Gasteiger partial charge is 0.0288 e. The standard InChI is InChI=1S/C13H23/c1-5-6-7-10-13(4)11-8-9-12(2)3/h5,9-10H,6-8,11H2,1-4H3/b13-10+. The van der Waals surface area contributed by atoms with Crippen molar-refractivity contribution in [2.24, 2.45) is 0 Å². The molecule has 0 fully saturated rings. The maximum atomic E-state index is 2.36. The Morgan fingerprint density at radius 2 is 1.62 bits per heavy atom. The molecule has 0 saturated heterocycles. The first-order chi connectivity index (χ1) is 6.16. The molecule has 0 aliphatic heterocycles. The zero-order chi connectivity index (χ0) is 10.1. The first-order valence-corrected chi connectivity index (χ1v) is 5.23. The fraction of sp³-hybridized carbons (Fsp3) is 0.615. The molecule has 0 heterocycles. The molecule has 0 aromatic rings. The van der Waals surface area contributed by atoms with Crippen molar-refractivity contribution in [2.75, 3.05) is 0 Å². The Kier molecular flexibility index (Phi) is 7.77. The van der Waals surface area contributed by atoms with E-state index in [1.54, 1.807) is 0 Å². The van der Waals surface area contributed by atoms with E-state index in [0.29, 0.717) is 0 Å². The van der Waals surface area contributed by atoms with Crippen molar-refractivity contribution in [1.29, 1.82) is 0 Å². The van der Waals surface area contributed by atoms with Crippen LogP contribution in [-0.2, 0) is 0 Å². The lowest BCUT2D eigenvalue weighted by atomic mass is 10.1. The van der Waals surface area contributed by atoms with E-state index in [-0.39, 0.29) is 0 Å². The molecule has 13 heavy (non-hydrogen) atoms. The summed E-state index contributed by atoms with van der Waals surface area (Å²) in [6, 6.07) is 0. The summed E-state index contributed by atoms with van der Waals surface area (Å²) in [5.74, 6) is 0. The Bertz CT molecular complexity index is 168. The van der Waals surface area contributed by atoms with E-state index < -0.39 is 0 Å². The minimum atomic E-state index is 1.19. The Hall–Kier alpha value is -0.520. The largest absolute Gasteiger partial charge is 0.0856 e. The van der Waals surface area contributed by atoms with Gasteiger partial charge in [0.05, 0.1) is 0 Å². The highest BCUT2D eigenvalue weighted by Gasteiger charge is 1.88. The summed E-state index contributed by atoms with van der Waals surface area (Å²) >= 11 is 0. The monoisotopic (exact) mass is 179 g/mol. The molecule has 0 aliphatic rings. The third-order valence-electron chi connectivity index (χ3n) is 2.04. The SMILES string of the molecule is C[CH]CC/C=C(\C)CCC=C(C)C. The summed E-state index contributed by atoms with van der Waals surface area (Å²) < 4.78 is 0. The molecular formula is C13H23. The van der Waals surface area contributed by atoms with E-state index >= 15 is 0 Å². The van der Waals surface area contributed by atoms with Gasteiger partial charge in [-0.1, -0.05) is 30.2 Å². The first-order valence-electron chi connectivity index (χ1n) is 5.23. The first kappa shape index (κ1) is 12.5. The van der Waals surface area contributed by atoms with Crippen LogP contribution in [0.15, 0.2) is 23.3 Å². The predicted octanol–water partition coefficient (Wildman–Crippen LogP) is 4.68. The fourth-order valence-corrected chi connectivity index (χ4v) is 1.19. The van der Waals surface area contributed by atoms with Crippen molar-refractivity contribution in [2.45, 2.75) is 53.4 Å². The maximum absolute atomic E-state index is 2.36. The van der Waals surface area contributed by atoms with E-state index in [1.807, 2.05) is 0 Å². The topological polar surface area (TPSA) is 0 Å². The molecule has 0 aromatic carbocycles. The Morgan fingerprint density at radius 1 is 0.923 bits per heavy atom. The van der Waals surface area contributed by atoms with Crippen molar-refractivity contribution < 1.29 is 0 Å². The van der Waals surface area contributed by atoms with Gasteiger partial charge in [-0.3, -0.25) is 0 Å². The van der Waals surface area contributed by atoms with Crippen LogP contribution in [0.3, 0.4) is 0 Å². The van der Waals surface area contributed by atoms with Gasteiger partial charge in [0.25, 0.3) is 0 Å². The van der Waals surface area contributed by atoms with Gasteiger partial charge in [0, 0.05) is 0 Å². The van der Waals surface area contributed by atoms with Crippen LogP contribution in [0, 0.1) is 6.42 Å².